The first-order valence-electron chi connectivity index (χ1n) is 9.68. The minimum atomic E-state index is -4.49. The van der Waals surface area contributed by atoms with Crippen LogP contribution in [-0.2, 0) is 12.4 Å². The van der Waals surface area contributed by atoms with Crippen LogP contribution in [0, 0.1) is 23.7 Å². The average Bonchev–Trinajstić information content (AvgIpc) is 3.45. The first-order chi connectivity index (χ1) is 16.1. The number of hydrogen-bond donors (Lipinski definition) is 0. The second-order valence-electron chi connectivity index (χ2n) is 6.91. The van der Waals surface area contributed by atoms with Gasteiger partial charge in [0.05, 0.1) is 20.9 Å². The largest absolute Gasteiger partial charge is 0.417 e. The molecule has 0 spiro atoms. The fourth-order valence-corrected chi connectivity index (χ4v) is 4.82. The van der Waals surface area contributed by atoms with Crippen LogP contribution in [0.5, 0.6) is 0 Å². The third-order valence-electron chi connectivity index (χ3n) is 4.56. The maximum Gasteiger partial charge on any atom is 0.417 e. The number of thiophene rings is 2. The van der Waals surface area contributed by atoms with E-state index >= 15 is 0 Å². The number of rotatable bonds is 1. The van der Waals surface area contributed by atoms with Crippen LogP contribution in [0.2, 0.25) is 0 Å². The Hall–Kier alpha value is -3.46. The van der Waals surface area contributed by atoms with E-state index in [-0.39, 0.29) is 11.1 Å². The summed E-state index contributed by atoms with van der Waals surface area (Å²) < 4.78 is 78.7. The molecule has 4 rings (SSSR count). The minimum Gasteiger partial charge on any atom is -0.166 e. The van der Waals surface area contributed by atoms with E-state index in [1.807, 2.05) is 0 Å². The van der Waals surface area contributed by atoms with E-state index < -0.39 is 23.5 Å². The van der Waals surface area contributed by atoms with Gasteiger partial charge in [-0.15, -0.1) is 22.7 Å². The molecule has 2 heterocycles. The summed E-state index contributed by atoms with van der Waals surface area (Å²) in [6.07, 6.45) is -8.97. The molecule has 0 N–H and O–H groups in total. The Balaban J connectivity index is 1.55. The molecule has 4 aromatic rings. The van der Waals surface area contributed by atoms with Gasteiger partial charge < -0.3 is 0 Å². The lowest BCUT2D eigenvalue weighted by Gasteiger charge is -2.07. The van der Waals surface area contributed by atoms with Crippen LogP contribution in [0.15, 0.2) is 72.8 Å². The predicted molar refractivity (Wildman–Crippen MR) is 122 cm³/mol. The maximum atomic E-state index is 13.1. The van der Waals surface area contributed by atoms with Crippen LogP contribution in [-0.4, -0.2) is 0 Å². The molecule has 0 unspecified atom stereocenters. The lowest BCUT2D eigenvalue weighted by Crippen LogP contribution is -2.07. The molecule has 0 nitrogen and oxygen atoms in total. The van der Waals surface area contributed by atoms with Crippen molar-refractivity contribution in [2.75, 3.05) is 0 Å². The Bertz CT molecular complexity index is 1330. The molecule has 2 aromatic heterocycles. The van der Waals surface area contributed by atoms with Crippen molar-refractivity contribution in [3.63, 3.8) is 0 Å². The molecule has 0 aliphatic rings. The van der Waals surface area contributed by atoms with Gasteiger partial charge in [-0.3, -0.25) is 0 Å². The molecule has 0 bridgehead atoms. The SMILES string of the molecule is FC(F)(F)c1ccccc1C#Cc1ccc(-c2ccc(C#Cc3ccccc3C(F)(F)F)s2)s1. The van der Waals surface area contributed by atoms with Crippen molar-refractivity contribution in [2.24, 2.45) is 0 Å². The Morgan fingerprint density at radius 1 is 0.471 bits per heavy atom. The molecular weight excluding hydrogens is 490 g/mol. The van der Waals surface area contributed by atoms with Crippen molar-refractivity contribution < 1.29 is 26.3 Å². The van der Waals surface area contributed by atoms with Gasteiger partial charge >= 0.3 is 12.4 Å². The van der Waals surface area contributed by atoms with Crippen molar-refractivity contribution in [3.05, 3.63) is 105 Å². The smallest absolute Gasteiger partial charge is 0.166 e. The summed E-state index contributed by atoms with van der Waals surface area (Å²) in [6, 6.07) is 17.3. The highest BCUT2D eigenvalue weighted by molar-refractivity contribution is 7.22. The van der Waals surface area contributed by atoms with Gasteiger partial charge in [-0.1, -0.05) is 47.9 Å². The topological polar surface area (TPSA) is 0 Å². The van der Waals surface area contributed by atoms with Crippen molar-refractivity contribution >= 4 is 22.7 Å². The van der Waals surface area contributed by atoms with E-state index in [0.717, 1.165) is 21.9 Å². The first-order valence-corrected chi connectivity index (χ1v) is 11.3. The normalized spacial score (nSPS) is 11.4. The molecule has 2 aromatic carbocycles. The van der Waals surface area contributed by atoms with Crippen LogP contribution in [0.3, 0.4) is 0 Å². The van der Waals surface area contributed by atoms with Gasteiger partial charge in [0.25, 0.3) is 0 Å². The van der Waals surface area contributed by atoms with E-state index in [1.54, 1.807) is 24.3 Å². The summed E-state index contributed by atoms with van der Waals surface area (Å²) in [5, 5.41) is 0. The van der Waals surface area contributed by atoms with Gasteiger partial charge in [0.2, 0.25) is 0 Å². The molecule has 34 heavy (non-hydrogen) atoms. The number of benzene rings is 2. The Labute approximate surface area is 199 Å². The van der Waals surface area contributed by atoms with Crippen LogP contribution < -0.4 is 0 Å². The number of alkyl halides is 6. The molecule has 0 radical (unpaired) electrons. The van der Waals surface area contributed by atoms with E-state index in [2.05, 4.69) is 23.7 Å². The van der Waals surface area contributed by atoms with Gasteiger partial charge in [0.15, 0.2) is 0 Å². The fraction of sp³-hybridized carbons (Fsp3) is 0.0769. The molecule has 0 saturated heterocycles. The Morgan fingerprint density at radius 2 is 0.853 bits per heavy atom. The Morgan fingerprint density at radius 3 is 1.24 bits per heavy atom. The standard InChI is InChI=1S/C26H12F6S2/c27-25(28,29)21-7-3-1-5-17(21)9-11-19-13-15-23(33-19)24-16-14-20(34-24)12-10-18-6-2-4-8-22(18)26(30,31)32/h1-8,13-16H. The summed E-state index contributed by atoms with van der Waals surface area (Å²) in [5.41, 5.74) is -1.77. The van der Waals surface area contributed by atoms with Crippen molar-refractivity contribution in [3.8, 4) is 33.4 Å². The fourth-order valence-electron chi connectivity index (χ4n) is 3.01. The summed E-state index contributed by atoms with van der Waals surface area (Å²) >= 11 is 2.62. The van der Waals surface area contributed by atoms with Crippen LogP contribution in [0.1, 0.15) is 32.0 Å². The van der Waals surface area contributed by atoms with Crippen LogP contribution >= 0.6 is 22.7 Å². The Kier molecular flexibility index (Phi) is 6.56. The van der Waals surface area contributed by atoms with Crippen molar-refractivity contribution in [1.82, 2.24) is 0 Å². The van der Waals surface area contributed by atoms with Gasteiger partial charge in [-0.05, 0) is 48.5 Å². The lowest BCUT2D eigenvalue weighted by atomic mass is 10.1. The summed E-state index contributed by atoms with van der Waals surface area (Å²) in [4.78, 5) is 2.85. The van der Waals surface area contributed by atoms with Crippen molar-refractivity contribution in [1.29, 1.82) is 0 Å². The predicted octanol–water partition coefficient (Wildman–Crippen LogP) is 8.31. The lowest BCUT2D eigenvalue weighted by molar-refractivity contribution is -0.138. The molecular formula is C26H12F6S2. The summed E-state index contributed by atoms with van der Waals surface area (Å²) in [7, 11) is 0. The van der Waals surface area contributed by atoms with Gasteiger partial charge in [-0.2, -0.15) is 26.3 Å². The molecule has 0 atom stereocenters. The molecule has 0 aliphatic carbocycles. The molecule has 8 heteroatoms. The second-order valence-corrected chi connectivity index (χ2v) is 9.08. The molecule has 0 fully saturated rings. The highest BCUT2D eigenvalue weighted by Gasteiger charge is 2.33. The number of halogens is 6. The van der Waals surface area contributed by atoms with Crippen LogP contribution in [0.25, 0.3) is 9.75 Å². The zero-order valence-corrected chi connectivity index (χ0v) is 18.6. The van der Waals surface area contributed by atoms with E-state index in [0.29, 0.717) is 9.75 Å². The van der Waals surface area contributed by atoms with Gasteiger partial charge in [-0.25, -0.2) is 0 Å². The summed E-state index contributed by atoms with van der Waals surface area (Å²) in [6.45, 7) is 0. The number of hydrogen-bond acceptors (Lipinski definition) is 2. The van der Waals surface area contributed by atoms with Gasteiger partial charge in [0.1, 0.15) is 0 Å². The third-order valence-corrected chi connectivity index (χ3v) is 6.76. The monoisotopic (exact) mass is 502 g/mol. The van der Waals surface area contributed by atoms with Crippen molar-refractivity contribution in [2.45, 2.75) is 12.4 Å². The highest BCUT2D eigenvalue weighted by atomic mass is 32.1. The average molecular weight is 503 g/mol. The molecule has 0 amide bonds. The van der Waals surface area contributed by atoms with E-state index in [4.69, 9.17) is 0 Å². The zero-order chi connectivity index (χ0) is 24.3. The minimum absolute atomic E-state index is 0.0993. The third kappa shape index (κ3) is 5.53. The maximum absolute atomic E-state index is 13.1. The molecule has 0 saturated carbocycles. The molecule has 0 aliphatic heterocycles. The quantitative estimate of drug-likeness (QED) is 0.181. The van der Waals surface area contributed by atoms with Crippen LogP contribution in [0.4, 0.5) is 26.3 Å². The first kappa shape index (κ1) is 23.7. The second kappa shape index (κ2) is 9.42. The van der Waals surface area contributed by atoms with E-state index in [9.17, 15) is 26.3 Å². The highest BCUT2D eigenvalue weighted by Crippen LogP contribution is 2.35. The van der Waals surface area contributed by atoms with E-state index in [1.165, 1.54) is 59.1 Å². The summed E-state index contributed by atoms with van der Waals surface area (Å²) in [5.74, 6) is 10.7. The molecule has 170 valence electrons. The zero-order valence-electron chi connectivity index (χ0n) is 17.0. The van der Waals surface area contributed by atoms with Gasteiger partial charge in [0, 0.05) is 20.9 Å².